The summed E-state index contributed by atoms with van der Waals surface area (Å²) in [5, 5.41) is 0. The molecule has 1 aromatic carbocycles. The summed E-state index contributed by atoms with van der Waals surface area (Å²) >= 11 is 0. The van der Waals surface area contributed by atoms with Crippen LogP contribution in [0.3, 0.4) is 0 Å². The average molecular weight is 165 g/mol. The molecule has 0 atom stereocenters. The van der Waals surface area contributed by atoms with E-state index in [1.807, 2.05) is 18.2 Å². The van der Waals surface area contributed by atoms with Crippen LogP contribution in [0.4, 0.5) is 5.69 Å². The first-order valence-corrected chi connectivity index (χ1v) is 4.09. The van der Waals surface area contributed by atoms with E-state index in [1.165, 1.54) is 0 Å². The van der Waals surface area contributed by atoms with Gasteiger partial charge in [0.25, 0.3) is 0 Å². The van der Waals surface area contributed by atoms with E-state index in [4.69, 9.17) is 10.5 Å². The molecule has 0 amide bonds. The number of para-hydroxylation sites is 1. The number of nitrogen functional groups attached to an aromatic ring is 1. The van der Waals surface area contributed by atoms with E-state index < -0.39 is 0 Å². The van der Waals surface area contributed by atoms with E-state index in [2.05, 4.69) is 13.8 Å². The third-order valence-electron chi connectivity index (χ3n) is 1.94. The third-order valence-corrected chi connectivity index (χ3v) is 1.94. The van der Waals surface area contributed by atoms with E-state index >= 15 is 0 Å². The van der Waals surface area contributed by atoms with Gasteiger partial charge in [-0.3, -0.25) is 0 Å². The minimum atomic E-state index is 0.445. The zero-order chi connectivity index (χ0) is 9.14. The Morgan fingerprint density at radius 2 is 2.00 bits per heavy atom. The maximum atomic E-state index is 5.87. The number of benzene rings is 1. The summed E-state index contributed by atoms with van der Waals surface area (Å²) in [6.07, 6.45) is 0. The first kappa shape index (κ1) is 8.91. The molecule has 0 spiro atoms. The molecule has 0 aliphatic carbocycles. The lowest BCUT2D eigenvalue weighted by molar-refractivity contribution is 0.416. The van der Waals surface area contributed by atoms with E-state index in [-0.39, 0.29) is 0 Å². The van der Waals surface area contributed by atoms with Gasteiger partial charge >= 0.3 is 0 Å². The number of nitrogens with two attached hydrogens (primary N) is 1. The van der Waals surface area contributed by atoms with E-state index in [9.17, 15) is 0 Å². The second-order valence-electron chi connectivity index (χ2n) is 3.12. The lowest BCUT2D eigenvalue weighted by Gasteiger charge is -2.11. The molecule has 0 saturated carbocycles. The highest BCUT2D eigenvalue weighted by atomic mass is 16.5. The van der Waals surface area contributed by atoms with Crippen LogP contribution in [0.25, 0.3) is 0 Å². The number of ether oxygens (including phenoxy) is 1. The minimum Gasteiger partial charge on any atom is -0.495 e. The Kier molecular flexibility index (Phi) is 2.58. The molecule has 0 unspecified atom stereocenters. The molecule has 0 fully saturated rings. The van der Waals surface area contributed by atoms with Crippen molar-refractivity contribution in [1.29, 1.82) is 0 Å². The smallest absolute Gasteiger partial charge is 0.142 e. The van der Waals surface area contributed by atoms with Crippen LogP contribution < -0.4 is 10.5 Å². The molecule has 0 saturated heterocycles. The molecular formula is C10H15NO. The normalized spacial score (nSPS) is 10.3. The summed E-state index contributed by atoms with van der Waals surface area (Å²) in [5.41, 5.74) is 7.78. The number of methoxy groups -OCH3 is 1. The van der Waals surface area contributed by atoms with E-state index in [0.717, 1.165) is 17.0 Å². The van der Waals surface area contributed by atoms with Gasteiger partial charge in [-0.15, -0.1) is 0 Å². The average Bonchev–Trinajstić information content (AvgIpc) is 2.04. The van der Waals surface area contributed by atoms with Crippen LogP contribution in [0.2, 0.25) is 0 Å². The molecule has 0 radical (unpaired) electrons. The van der Waals surface area contributed by atoms with Gasteiger partial charge < -0.3 is 10.5 Å². The topological polar surface area (TPSA) is 35.2 Å². The Bertz CT molecular complexity index is 269. The number of anilines is 1. The van der Waals surface area contributed by atoms with Crippen molar-refractivity contribution in [3.63, 3.8) is 0 Å². The predicted molar refractivity (Wildman–Crippen MR) is 51.5 cm³/mol. The van der Waals surface area contributed by atoms with Crippen molar-refractivity contribution in [3.05, 3.63) is 23.8 Å². The van der Waals surface area contributed by atoms with E-state index in [0.29, 0.717) is 5.92 Å². The fourth-order valence-electron chi connectivity index (χ4n) is 1.24. The quantitative estimate of drug-likeness (QED) is 0.683. The molecule has 2 N–H and O–H groups in total. The molecule has 0 heterocycles. The predicted octanol–water partition coefficient (Wildman–Crippen LogP) is 2.40. The van der Waals surface area contributed by atoms with Crippen LogP contribution in [0.5, 0.6) is 5.75 Å². The van der Waals surface area contributed by atoms with Gasteiger partial charge in [0.15, 0.2) is 0 Å². The van der Waals surface area contributed by atoms with Crippen molar-refractivity contribution in [3.8, 4) is 5.75 Å². The zero-order valence-electron chi connectivity index (χ0n) is 7.79. The van der Waals surface area contributed by atoms with Gasteiger partial charge in [0, 0.05) is 0 Å². The highest BCUT2D eigenvalue weighted by Gasteiger charge is 2.07. The third kappa shape index (κ3) is 1.52. The summed E-state index contributed by atoms with van der Waals surface area (Å²) < 4.78 is 5.11. The largest absolute Gasteiger partial charge is 0.495 e. The van der Waals surface area contributed by atoms with Gasteiger partial charge in [-0.1, -0.05) is 26.0 Å². The number of hydrogen-bond acceptors (Lipinski definition) is 2. The van der Waals surface area contributed by atoms with Crippen molar-refractivity contribution in [2.75, 3.05) is 12.8 Å². The lowest BCUT2D eigenvalue weighted by atomic mass is 10.0. The Hall–Kier alpha value is -1.18. The molecule has 0 aliphatic rings. The summed E-state index contributed by atoms with van der Waals surface area (Å²) in [5.74, 6) is 1.21. The standard InChI is InChI=1S/C10H15NO/c1-7(2)8-5-4-6-9(12-3)10(8)11/h4-7H,11H2,1-3H3. The molecule has 1 aromatic rings. The van der Waals surface area contributed by atoms with E-state index in [1.54, 1.807) is 7.11 Å². The fourth-order valence-corrected chi connectivity index (χ4v) is 1.24. The van der Waals surface area contributed by atoms with Crippen molar-refractivity contribution < 1.29 is 4.74 Å². The van der Waals surface area contributed by atoms with Gasteiger partial charge in [-0.2, -0.15) is 0 Å². The summed E-state index contributed by atoms with van der Waals surface area (Å²) in [7, 11) is 1.63. The molecular weight excluding hydrogens is 150 g/mol. The van der Waals surface area contributed by atoms with Crippen LogP contribution in [-0.2, 0) is 0 Å². The maximum Gasteiger partial charge on any atom is 0.142 e. The SMILES string of the molecule is COc1cccc(C(C)C)c1N. The zero-order valence-corrected chi connectivity index (χ0v) is 7.79. The van der Waals surface area contributed by atoms with Crippen LogP contribution in [0.15, 0.2) is 18.2 Å². The van der Waals surface area contributed by atoms with Crippen molar-refractivity contribution in [2.45, 2.75) is 19.8 Å². The minimum absolute atomic E-state index is 0.445. The van der Waals surface area contributed by atoms with Gasteiger partial charge in [-0.25, -0.2) is 0 Å². The molecule has 0 bridgehead atoms. The second-order valence-corrected chi connectivity index (χ2v) is 3.12. The monoisotopic (exact) mass is 165 g/mol. The molecule has 12 heavy (non-hydrogen) atoms. The first-order valence-electron chi connectivity index (χ1n) is 4.09. The molecule has 0 aliphatic heterocycles. The Labute approximate surface area is 73.3 Å². The molecule has 66 valence electrons. The maximum absolute atomic E-state index is 5.87. The highest BCUT2D eigenvalue weighted by molar-refractivity contribution is 5.59. The van der Waals surface area contributed by atoms with Crippen LogP contribution in [-0.4, -0.2) is 7.11 Å². The summed E-state index contributed by atoms with van der Waals surface area (Å²) in [6, 6.07) is 5.87. The van der Waals surface area contributed by atoms with Gasteiger partial charge in [-0.05, 0) is 17.5 Å². The van der Waals surface area contributed by atoms with Gasteiger partial charge in [0.05, 0.1) is 12.8 Å². The fraction of sp³-hybridized carbons (Fsp3) is 0.400. The summed E-state index contributed by atoms with van der Waals surface area (Å²) in [6.45, 7) is 4.23. The Morgan fingerprint density at radius 1 is 1.33 bits per heavy atom. The number of rotatable bonds is 2. The van der Waals surface area contributed by atoms with Crippen LogP contribution in [0, 0.1) is 0 Å². The van der Waals surface area contributed by atoms with Crippen molar-refractivity contribution in [2.24, 2.45) is 0 Å². The number of hydrogen-bond donors (Lipinski definition) is 1. The first-order chi connectivity index (χ1) is 5.66. The van der Waals surface area contributed by atoms with Crippen LogP contribution in [0.1, 0.15) is 25.3 Å². The second kappa shape index (κ2) is 3.48. The van der Waals surface area contributed by atoms with Gasteiger partial charge in [0.2, 0.25) is 0 Å². The molecule has 1 rings (SSSR count). The summed E-state index contributed by atoms with van der Waals surface area (Å²) in [4.78, 5) is 0. The lowest BCUT2D eigenvalue weighted by Crippen LogP contribution is -1.99. The molecule has 2 nitrogen and oxygen atoms in total. The Morgan fingerprint density at radius 3 is 2.50 bits per heavy atom. The van der Waals surface area contributed by atoms with Crippen LogP contribution >= 0.6 is 0 Å². The molecule has 2 heteroatoms. The molecule has 0 aromatic heterocycles. The Balaban J connectivity index is 3.14. The van der Waals surface area contributed by atoms with Crippen molar-refractivity contribution >= 4 is 5.69 Å². The van der Waals surface area contributed by atoms with Crippen molar-refractivity contribution in [1.82, 2.24) is 0 Å². The highest BCUT2D eigenvalue weighted by Crippen LogP contribution is 2.29. The van der Waals surface area contributed by atoms with Gasteiger partial charge in [0.1, 0.15) is 5.75 Å².